The summed E-state index contributed by atoms with van der Waals surface area (Å²) < 4.78 is 3.54. The molecule has 0 spiro atoms. The van der Waals surface area contributed by atoms with Gasteiger partial charge >= 0.3 is 0 Å². The van der Waals surface area contributed by atoms with Crippen LogP contribution in [0.15, 0.2) is 59.3 Å². The molecule has 0 saturated heterocycles. The highest BCUT2D eigenvalue weighted by Gasteiger charge is 2.11. The highest BCUT2D eigenvalue weighted by atomic mass is 79.9. The van der Waals surface area contributed by atoms with Crippen molar-refractivity contribution in [1.82, 2.24) is 14.4 Å². The van der Waals surface area contributed by atoms with Crippen LogP contribution in [0.5, 0.6) is 0 Å². The molecule has 2 heterocycles. The van der Waals surface area contributed by atoms with Gasteiger partial charge in [0.2, 0.25) is 4.77 Å². The number of aromatic nitrogens is 3. The number of benzene rings is 2. The third-order valence-corrected chi connectivity index (χ3v) is 5.18. The molecule has 0 fully saturated rings. The monoisotopic (exact) mass is 409 g/mol. The molecule has 0 radical (unpaired) electrons. The van der Waals surface area contributed by atoms with Crippen LogP contribution in [0.3, 0.4) is 0 Å². The second-order valence-electron chi connectivity index (χ2n) is 6.17. The van der Waals surface area contributed by atoms with E-state index in [2.05, 4.69) is 70.1 Å². The van der Waals surface area contributed by atoms with Crippen LogP contribution in [0.4, 0.5) is 0 Å². The van der Waals surface area contributed by atoms with Gasteiger partial charge in [-0.15, -0.1) is 0 Å². The van der Waals surface area contributed by atoms with Gasteiger partial charge in [-0.3, -0.25) is 4.40 Å². The molecule has 1 N–H and O–H groups in total. The van der Waals surface area contributed by atoms with Crippen LogP contribution in [-0.2, 0) is 0 Å². The van der Waals surface area contributed by atoms with Gasteiger partial charge in [0.05, 0.1) is 5.69 Å². The minimum Gasteiger partial charge on any atom is -0.339 e. The number of halogens is 1. The van der Waals surface area contributed by atoms with E-state index in [9.17, 15) is 0 Å². The van der Waals surface area contributed by atoms with Crippen molar-refractivity contribution in [2.45, 2.75) is 13.8 Å². The lowest BCUT2D eigenvalue weighted by Gasteiger charge is -2.05. The fourth-order valence-electron chi connectivity index (χ4n) is 3.10. The van der Waals surface area contributed by atoms with Gasteiger partial charge in [0, 0.05) is 28.0 Å². The number of nitrogens with one attached hydrogen (secondary N) is 1. The molecular weight excluding hydrogens is 394 g/mol. The molecule has 2 aromatic heterocycles. The molecule has 5 heteroatoms. The number of hydrogen-bond acceptors (Lipinski definition) is 2. The summed E-state index contributed by atoms with van der Waals surface area (Å²) in [7, 11) is 0. The second kappa shape index (κ2) is 6.24. The standard InChI is InChI=1S/C20H16BrN3S/c1-12-3-8-16(13(2)9-12)18-11-24-19(23-18)17(10-22-20(24)25)14-4-6-15(21)7-5-14/h3-11,23H,1-2H3. The lowest BCUT2D eigenvalue weighted by Crippen LogP contribution is -1.92. The number of nitrogens with zero attached hydrogens (tertiary/aromatic N) is 2. The van der Waals surface area contributed by atoms with Gasteiger partial charge in [-0.25, -0.2) is 4.98 Å². The molecule has 4 rings (SSSR count). The molecule has 0 unspecified atom stereocenters. The van der Waals surface area contributed by atoms with Crippen LogP contribution in [0.25, 0.3) is 28.0 Å². The molecule has 0 atom stereocenters. The number of fused-ring (bicyclic) bond motifs is 1. The molecule has 0 aliphatic rings. The summed E-state index contributed by atoms with van der Waals surface area (Å²) >= 11 is 8.91. The SMILES string of the molecule is Cc1ccc(-c2cn3c(=S)ncc(-c4ccc(Br)cc4)c3[nH]2)c(C)c1. The molecule has 3 nitrogen and oxygen atoms in total. The fourth-order valence-corrected chi connectivity index (χ4v) is 3.56. The molecule has 124 valence electrons. The van der Waals surface area contributed by atoms with Gasteiger partial charge in [-0.2, -0.15) is 0 Å². The second-order valence-corrected chi connectivity index (χ2v) is 7.45. The Morgan fingerprint density at radius 1 is 1.04 bits per heavy atom. The predicted octanol–water partition coefficient (Wildman–Crippen LogP) is 6.11. The average Bonchev–Trinajstić information content (AvgIpc) is 3.02. The predicted molar refractivity (Wildman–Crippen MR) is 108 cm³/mol. The number of aromatic amines is 1. The van der Waals surface area contributed by atoms with Gasteiger partial charge < -0.3 is 4.98 Å². The topological polar surface area (TPSA) is 33.1 Å². The molecule has 2 aromatic carbocycles. The van der Waals surface area contributed by atoms with Gasteiger partial charge in [0.1, 0.15) is 5.65 Å². The summed E-state index contributed by atoms with van der Waals surface area (Å²) in [5.74, 6) is 0. The minimum absolute atomic E-state index is 0.545. The zero-order valence-corrected chi connectivity index (χ0v) is 16.3. The summed E-state index contributed by atoms with van der Waals surface area (Å²) in [5.41, 5.74) is 7.77. The molecule has 0 aliphatic heterocycles. The first-order chi connectivity index (χ1) is 12.0. The Hall–Kier alpha value is -2.24. The zero-order chi connectivity index (χ0) is 17.6. The van der Waals surface area contributed by atoms with Crippen molar-refractivity contribution in [2.75, 3.05) is 0 Å². The summed E-state index contributed by atoms with van der Waals surface area (Å²) in [6.07, 6.45) is 3.87. The maximum atomic E-state index is 5.43. The van der Waals surface area contributed by atoms with Crippen molar-refractivity contribution < 1.29 is 0 Å². The van der Waals surface area contributed by atoms with Crippen molar-refractivity contribution in [1.29, 1.82) is 0 Å². The third kappa shape index (κ3) is 2.94. The molecule has 4 aromatic rings. The number of aryl methyl sites for hydroxylation is 2. The molecular formula is C20H16BrN3S. The van der Waals surface area contributed by atoms with Crippen LogP contribution < -0.4 is 0 Å². The van der Waals surface area contributed by atoms with E-state index in [-0.39, 0.29) is 0 Å². The molecule has 0 saturated carbocycles. The summed E-state index contributed by atoms with van der Waals surface area (Å²) in [5, 5.41) is 0. The van der Waals surface area contributed by atoms with E-state index in [0.29, 0.717) is 4.77 Å². The van der Waals surface area contributed by atoms with Crippen molar-refractivity contribution in [2.24, 2.45) is 0 Å². The van der Waals surface area contributed by atoms with Gasteiger partial charge in [0.25, 0.3) is 0 Å². The first kappa shape index (κ1) is 16.2. The van der Waals surface area contributed by atoms with E-state index in [1.165, 1.54) is 16.7 Å². The normalized spacial score (nSPS) is 11.2. The molecule has 0 bridgehead atoms. The first-order valence-corrected chi connectivity index (χ1v) is 9.17. The Bertz CT molecular complexity index is 1140. The van der Waals surface area contributed by atoms with Crippen molar-refractivity contribution >= 4 is 33.8 Å². The van der Waals surface area contributed by atoms with Crippen LogP contribution in [0.1, 0.15) is 11.1 Å². The van der Waals surface area contributed by atoms with Gasteiger partial charge in [-0.05, 0) is 49.3 Å². The molecule has 25 heavy (non-hydrogen) atoms. The highest BCUT2D eigenvalue weighted by molar-refractivity contribution is 9.10. The van der Waals surface area contributed by atoms with E-state index in [1.807, 2.05) is 28.9 Å². The lowest BCUT2D eigenvalue weighted by atomic mass is 10.0. The Kier molecular flexibility index (Phi) is 4.06. The molecule has 0 amide bonds. The van der Waals surface area contributed by atoms with Crippen molar-refractivity contribution in [3.63, 3.8) is 0 Å². The zero-order valence-electron chi connectivity index (χ0n) is 13.9. The Morgan fingerprint density at radius 3 is 2.52 bits per heavy atom. The number of H-pyrrole nitrogens is 1. The summed E-state index contributed by atoms with van der Waals surface area (Å²) in [6.45, 7) is 4.23. The highest BCUT2D eigenvalue weighted by Crippen LogP contribution is 2.29. The Labute approximate surface area is 159 Å². The minimum atomic E-state index is 0.545. The van der Waals surface area contributed by atoms with E-state index in [0.717, 1.165) is 26.9 Å². The summed E-state index contributed by atoms with van der Waals surface area (Å²) in [6, 6.07) is 14.7. The quantitative estimate of drug-likeness (QED) is 0.405. The van der Waals surface area contributed by atoms with Gasteiger partial charge in [-0.1, -0.05) is 51.8 Å². The van der Waals surface area contributed by atoms with E-state index in [1.54, 1.807) is 0 Å². The number of imidazole rings is 1. The van der Waals surface area contributed by atoms with Crippen molar-refractivity contribution in [3.8, 4) is 22.4 Å². The fraction of sp³-hybridized carbons (Fsp3) is 0.100. The first-order valence-electron chi connectivity index (χ1n) is 7.97. The van der Waals surface area contributed by atoms with Crippen LogP contribution in [0.2, 0.25) is 0 Å². The van der Waals surface area contributed by atoms with Crippen molar-refractivity contribution in [3.05, 3.63) is 75.2 Å². The van der Waals surface area contributed by atoms with Crippen LogP contribution in [-0.4, -0.2) is 14.4 Å². The van der Waals surface area contributed by atoms with Crippen LogP contribution in [0, 0.1) is 18.6 Å². The maximum absolute atomic E-state index is 5.43. The smallest absolute Gasteiger partial charge is 0.205 e. The number of rotatable bonds is 2. The largest absolute Gasteiger partial charge is 0.339 e. The van der Waals surface area contributed by atoms with E-state index < -0.39 is 0 Å². The lowest BCUT2D eigenvalue weighted by molar-refractivity contribution is 1.06. The van der Waals surface area contributed by atoms with E-state index >= 15 is 0 Å². The van der Waals surface area contributed by atoms with E-state index in [4.69, 9.17) is 12.2 Å². The Balaban J connectivity index is 1.96. The number of hydrogen-bond donors (Lipinski definition) is 1. The third-order valence-electron chi connectivity index (χ3n) is 4.34. The average molecular weight is 410 g/mol. The maximum Gasteiger partial charge on any atom is 0.205 e. The van der Waals surface area contributed by atoms with Crippen LogP contribution >= 0.6 is 28.1 Å². The molecule has 0 aliphatic carbocycles. The summed E-state index contributed by atoms with van der Waals surface area (Å²) in [4.78, 5) is 7.93. The Morgan fingerprint density at radius 2 is 1.80 bits per heavy atom. The van der Waals surface area contributed by atoms with Gasteiger partial charge in [0.15, 0.2) is 0 Å².